The van der Waals surface area contributed by atoms with Gasteiger partial charge in [-0.05, 0) is 76.9 Å². The molecule has 1 N–H and O–H groups in total. The Labute approximate surface area is 197 Å². The highest BCUT2D eigenvalue weighted by Gasteiger charge is 2.18. The summed E-state index contributed by atoms with van der Waals surface area (Å²) in [4.78, 5) is 38.5. The number of nitrogens with zero attached hydrogens (tertiary/aromatic N) is 4. The molecule has 172 valence electrons. The molecule has 0 saturated carbocycles. The van der Waals surface area contributed by atoms with Crippen molar-refractivity contribution in [2.45, 2.75) is 48.1 Å². The van der Waals surface area contributed by atoms with Crippen molar-refractivity contribution < 1.29 is 4.79 Å². The van der Waals surface area contributed by atoms with Crippen molar-refractivity contribution in [2.24, 2.45) is 0 Å². The highest BCUT2D eigenvalue weighted by Crippen LogP contribution is 2.32. The SMILES string of the molecule is CCN(CC)c1ccc(NC(=O)Cn2c(C)nc3c(sc4nc(C)cc(C)c43)c2=O)c(C)c1. The van der Waals surface area contributed by atoms with Gasteiger partial charge in [0, 0.05) is 35.5 Å². The number of thiophene rings is 1. The summed E-state index contributed by atoms with van der Waals surface area (Å²) in [6, 6.07) is 8.00. The van der Waals surface area contributed by atoms with E-state index in [1.54, 1.807) is 6.92 Å². The van der Waals surface area contributed by atoms with Crippen molar-refractivity contribution in [1.29, 1.82) is 0 Å². The molecule has 4 aromatic rings. The maximum Gasteiger partial charge on any atom is 0.272 e. The van der Waals surface area contributed by atoms with E-state index in [0.29, 0.717) is 16.0 Å². The predicted molar refractivity (Wildman–Crippen MR) is 137 cm³/mol. The van der Waals surface area contributed by atoms with Crippen LogP contribution in [0.2, 0.25) is 0 Å². The molecule has 4 rings (SSSR count). The molecule has 1 amide bonds. The van der Waals surface area contributed by atoms with Gasteiger partial charge in [-0.3, -0.25) is 14.2 Å². The average Bonchev–Trinajstić information content (AvgIpc) is 3.12. The zero-order valence-electron chi connectivity index (χ0n) is 19.9. The van der Waals surface area contributed by atoms with Gasteiger partial charge in [0.15, 0.2) is 0 Å². The summed E-state index contributed by atoms with van der Waals surface area (Å²) < 4.78 is 1.97. The molecular formula is C25H29N5O2S. The van der Waals surface area contributed by atoms with Crippen LogP contribution in [-0.4, -0.2) is 33.5 Å². The quantitative estimate of drug-likeness (QED) is 0.447. The van der Waals surface area contributed by atoms with Crippen LogP contribution in [0.1, 0.15) is 36.5 Å². The molecule has 0 atom stereocenters. The van der Waals surface area contributed by atoms with Crippen LogP contribution < -0.4 is 15.8 Å². The van der Waals surface area contributed by atoms with Crippen LogP contribution in [0.25, 0.3) is 20.4 Å². The molecule has 0 radical (unpaired) electrons. The van der Waals surface area contributed by atoms with Gasteiger partial charge >= 0.3 is 0 Å². The molecule has 0 saturated heterocycles. The van der Waals surface area contributed by atoms with Gasteiger partial charge in [-0.1, -0.05) is 0 Å². The molecule has 33 heavy (non-hydrogen) atoms. The lowest BCUT2D eigenvalue weighted by atomic mass is 10.1. The van der Waals surface area contributed by atoms with Gasteiger partial charge < -0.3 is 10.2 Å². The van der Waals surface area contributed by atoms with Crippen LogP contribution in [0, 0.1) is 27.7 Å². The fourth-order valence-corrected chi connectivity index (χ4v) is 5.44. The molecule has 3 aromatic heterocycles. The van der Waals surface area contributed by atoms with Crippen molar-refractivity contribution in [3.63, 3.8) is 0 Å². The van der Waals surface area contributed by atoms with Gasteiger partial charge in [0.2, 0.25) is 5.91 Å². The van der Waals surface area contributed by atoms with Crippen LogP contribution in [-0.2, 0) is 11.3 Å². The second kappa shape index (κ2) is 8.94. The molecule has 0 aliphatic heterocycles. The maximum absolute atomic E-state index is 13.3. The van der Waals surface area contributed by atoms with Crippen molar-refractivity contribution >= 4 is 49.1 Å². The van der Waals surface area contributed by atoms with E-state index in [0.717, 1.165) is 51.5 Å². The minimum absolute atomic E-state index is 0.0927. The van der Waals surface area contributed by atoms with Crippen molar-refractivity contribution in [1.82, 2.24) is 14.5 Å². The normalized spacial score (nSPS) is 11.3. The van der Waals surface area contributed by atoms with Crippen LogP contribution in [0.4, 0.5) is 11.4 Å². The largest absolute Gasteiger partial charge is 0.372 e. The number of rotatable bonds is 6. The van der Waals surface area contributed by atoms with Gasteiger partial charge in [-0.15, -0.1) is 11.3 Å². The number of carbonyl (C=O) groups excluding carboxylic acids is 1. The van der Waals surface area contributed by atoms with Gasteiger partial charge in [-0.2, -0.15) is 0 Å². The minimum Gasteiger partial charge on any atom is -0.372 e. The standard InChI is InChI=1S/C25H29N5O2S/c1-7-29(8-2)18-9-10-19(14(3)12-18)28-20(31)13-30-17(6)27-22-21-15(4)11-16(5)26-24(21)33-23(22)25(30)32/h9-12H,7-8,13H2,1-6H3,(H,28,31). The lowest BCUT2D eigenvalue weighted by molar-refractivity contribution is -0.116. The van der Waals surface area contributed by atoms with E-state index < -0.39 is 0 Å². The first-order chi connectivity index (χ1) is 15.7. The fourth-order valence-electron chi connectivity index (χ4n) is 4.26. The smallest absolute Gasteiger partial charge is 0.272 e. The highest BCUT2D eigenvalue weighted by molar-refractivity contribution is 7.25. The van der Waals surface area contributed by atoms with Crippen molar-refractivity contribution in [3.05, 3.63) is 57.3 Å². The molecule has 0 fully saturated rings. The minimum atomic E-state index is -0.258. The van der Waals surface area contributed by atoms with E-state index in [4.69, 9.17) is 4.98 Å². The molecular weight excluding hydrogens is 434 g/mol. The Hall–Kier alpha value is -3.26. The van der Waals surface area contributed by atoms with E-state index in [1.807, 2.05) is 39.0 Å². The zero-order chi connectivity index (χ0) is 23.9. The number of carbonyl (C=O) groups is 1. The number of hydrogen-bond acceptors (Lipinski definition) is 6. The molecule has 0 unspecified atom stereocenters. The van der Waals surface area contributed by atoms with Crippen molar-refractivity contribution in [2.75, 3.05) is 23.3 Å². The van der Waals surface area contributed by atoms with Gasteiger partial charge in [-0.25, -0.2) is 9.97 Å². The number of hydrogen-bond donors (Lipinski definition) is 1. The van der Waals surface area contributed by atoms with Crippen LogP contribution in [0.5, 0.6) is 0 Å². The summed E-state index contributed by atoms with van der Waals surface area (Å²) in [7, 11) is 0. The number of aromatic nitrogens is 3. The van der Waals surface area contributed by atoms with Gasteiger partial charge in [0.1, 0.15) is 21.9 Å². The lowest BCUT2D eigenvalue weighted by Gasteiger charge is -2.22. The second-order valence-electron chi connectivity index (χ2n) is 8.31. The number of aryl methyl sites for hydroxylation is 4. The molecule has 8 heteroatoms. The monoisotopic (exact) mass is 463 g/mol. The molecule has 1 aromatic carbocycles. The third-order valence-corrected chi connectivity index (χ3v) is 7.04. The number of anilines is 2. The Kier molecular flexibility index (Phi) is 6.21. The highest BCUT2D eigenvalue weighted by atomic mass is 32.1. The Morgan fingerprint density at radius 1 is 1.06 bits per heavy atom. The first-order valence-electron chi connectivity index (χ1n) is 11.2. The van der Waals surface area contributed by atoms with Crippen LogP contribution >= 0.6 is 11.3 Å². The lowest BCUT2D eigenvalue weighted by Crippen LogP contribution is -2.30. The van der Waals surface area contributed by atoms with Crippen LogP contribution in [0.15, 0.2) is 29.1 Å². The third-order valence-electron chi connectivity index (χ3n) is 5.98. The summed E-state index contributed by atoms with van der Waals surface area (Å²) in [6.45, 7) is 13.7. The Morgan fingerprint density at radius 3 is 2.45 bits per heavy atom. The predicted octanol–water partition coefficient (Wildman–Crippen LogP) is 4.72. The second-order valence-corrected chi connectivity index (χ2v) is 9.31. The Morgan fingerprint density at radius 2 is 1.79 bits per heavy atom. The summed E-state index contributed by atoms with van der Waals surface area (Å²) in [5, 5.41) is 3.87. The first-order valence-corrected chi connectivity index (χ1v) is 12.0. The van der Waals surface area contributed by atoms with E-state index in [1.165, 1.54) is 15.9 Å². The Balaban J connectivity index is 1.64. The molecule has 0 spiro atoms. The van der Waals surface area contributed by atoms with Gasteiger partial charge in [0.05, 0.1) is 5.52 Å². The molecule has 7 nitrogen and oxygen atoms in total. The number of nitrogens with one attached hydrogen (secondary N) is 1. The number of amides is 1. The maximum atomic E-state index is 13.3. The van der Waals surface area contributed by atoms with E-state index >= 15 is 0 Å². The number of fused-ring (bicyclic) bond motifs is 3. The van der Waals surface area contributed by atoms with E-state index in [2.05, 4.69) is 35.1 Å². The number of benzene rings is 1. The Bertz CT molecular complexity index is 1430. The van der Waals surface area contributed by atoms with Gasteiger partial charge in [0.25, 0.3) is 5.56 Å². The fraction of sp³-hybridized carbons (Fsp3) is 0.360. The topological polar surface area (TPSA) is 80.1 Å². The van der Waals surface area contributed by atoms with Crippen LogP contribution in [0.3, 0.4) is 0 Å². The first kappa shape index (κ1) is 22.9. The zero-order valence-corrected chi connectivity index (χ0v) is 20.8. The summed E-state index contributed by atoms with van der Waals surface area (Å²) >= 11 is 1.34. The molecule has 0 bridgehead atoms. The molecule has 0 aliphatic carbocycles. The third kappa shape index (κ3) is 4.23. The van der Waals surface area contributed by atoms with E-state index in [9.17, 15) is 9.59 Å². The molecule has 0 aliphatic rings. The summed E-state index contributed by atoms with van der Waals surface area (Å²) in [5.41, 5.74) is 5.27. The average molecular weight is 464 g/mol. The summed E-state index contributed by atoms with van der Waals surface area (Å²) in [5.74, 6) is 0.252. The number of pyridine rings is 1. The van der Waals surface area contributed by atoms with E-state index in [-0.39, 0.29) is 18.0 Å². The molecule has 3 heterocycles. The summed E-state index contributed by atoms with van der Waals surface area (Å²) in [6.07, 6.45) is 0. The van der Waals surface area contributed by atoms with Crippen molar-refractivity contribution in [3.8, 4) is 0 Å².